The topological polar surface area (TPSA) is 55.8 Å². The number of amides is 1. The zero-order chi connectivity index (χ0) is 11.5. The van der Waals surface area contributed by atoms with E-state index in [1.165, 1.54) is 0 Å². The van der Waals surface area contributed by atoms with Gasteiger partial charge in [0.15, 0.2) is 0 Å². The summed E-state index contributed by atoms with van der Waals surface area (Å²) < 4.78 is 0. The summed E-state index contributed by atoms with van der Waals surface area (Å²) in [7, 11) is 5.46. The van der Waals surface area contributed by atoms with Crippen LogP contribution in [0.3, 0.4) is 0 Å². The smallest absolute Gasteiger partial charge is 0.236 e. The molecule has 0 saturated carbocycles. The summed E-state index contributed by atoms with van der Waals surface area (Å²) >= 11 is 0. The third kappa shape index (κ3) is 3.77. The standard InChI is InChI=1S/C10H21N3O2/c1-12(2)6-9(14)13(3)8-10(15)4-5-11-7-10/h11,15H,4-8H2,1-3H3. The Morgan fingerprint density at radius 1 is 1.47 bits per heavy atom. The first kappa shape index (κ1) is 12.4. The fraction of sp³-hybridized carbons (Fsp3) is 0.900. The largest absolute Gasteiger partial charge is 0.387 e. The van der Waals surface area contributed by atoms with Crippen LogP contribution in [0.15, 0.2) is 0 Å². The van der Waals surface area contributed by atoms with Crippen LogP contribution in [-0.4, -0.2) is 73.7 Å². The van der Waals surface area contributed by atoms with Crippen molar-refractivity contribution >= 4 is 5.91 Å². The van der Waals surface area contributed by atoms with Gasteiger partial charge in [0.2, 0.25) is 5.91 Å². The molecular formula is C10H21N3O2. The van der Waals surface area contributed by atoms with Crippen molar-refractivity contribution in [2.75, 3.05) is 47.3 Å². The number of aliphatic hydroxyl groups is 1. The highest BCUT2D eigenvalue weighted by molar-refractivity contribution is 5.78. The molecule has 1 atom stereocenters. The van der Waals surface area contributed by atoms with Crippen LogP contribution in [0.25, 0.3) is 0 Å². The van der Waals surface area contributed by atoms with Crippen LogP contribution in [0.1, 0.15) is 6.42 Å². The Morgan fingerprint density at radius 2 is 2.13 bits per heavy atom. The molecule has 1 fully saturated rings. The summed E-state index contributed by atoms with van der Waals surface area (Å²) in [5, 5.41) is 13.2. The van der Waals surface area contributed by atoms with E-state index in [9.17, 15) is 9.90 Å². The fourth-order valence-corrected chi connectivity index (χ4v) is 1.79. The number of carbonyl (C=O) groups is 1. The Labute approximate surface area is 91.0 Å². The lowest BCUT2D eigenvalue weighted by Crippen LogP contribution is -2.47. The van der Waals surface area contributed by atoms with E-state index in [0.717, 1.165) is 6.54 Å². The van der Waals surface area contributed by atoms with Gasteiger partial charge in [-0.2, -0.15) is 0 Å². The second-order valence-electron chi connectivity index (χ2n) is 4.64. The van der Waals surface area contributed by atoms with Crippen LogP contribution in [0.5, 0.6) is 0 Å². The zero-order valence-electron chi connectivity index (χ0n) is 9.79. The van der Waals surface area contributed by atoms with Crippen LogP contribution < -0.4 is 5.32 Å². The molecule has 1 saturated heterocycles. The Morgan fingerprint density at radius 3 is 2.60 bits per heavy atom. The SMILES string of the molecule is CN(C)CC(=O)N(C)CC1(O)CCNC1. The summed E-state index contributed by atoms with van der Waals surface area (Å²) in [6.45, 7) is 2.20. The first-order valence-electron chi connectivity index (χ1n) is 5.25. The van der Waals surface area contributed by atoms with E-state index < -0.39 is 5.60 Å². The number of hydrogen-bond donors (Lipinski definition) is 2. The molecule has 5 heteroatoms. The lowest BCUT2D eigenvalue weighted by Gasteiger charge is -2.28. The summed E-state index contributed by atoms with van der Waals surface area (Å²) in [5.74, 6) is 0.0420. The highest BCUT2D eigenvalue weighted by Crippen LogP contribution is 2.15. The molecule has 0 aromatic heterocycles. The zero-order valence-corrected chi connectivity index (χ0v) is 9.79. The Kier molecular flexibility index (Phi) is 4.07. The molecule has 1 unspecified atom stereocenters. The summed E-state index contributed by atoms with van der Waals surface area (Å²) in [6, 6.07) is 0. The van der Waals surface area contributed by atoms with Crippen LogP contribution in [0.2, 0.25) is 0 Å². The van der Waals surface area contributed by atoms with E-state index in [0.29, 0.717) is 26.1 Å². The van der Waals surface area contributed by atoms with Gasteiger partial charge in [0.05, 0.1) is 18.7 Å². The van der Waals surface area contributed by atoms with Crippen molar-refractivity contribution in [2.24, 2.45) is 0 Å². The molecule has 0 radical (unpaired) electrons. The van der Waals surface area contributed by atoms with E-state index in [4.69, 9.17) is 0 Å². The maximum absolute atomic E-state index is 11.6. The number of nitrogens with one attached hydrogen (secondary N) is 1. The van der Waals surface area contributed by atoms with Gasteiger partial charge >= 0.3 is 0 Å². The third-order valence-corrected chi connectivity index (χ3v) is 2.63. The maximum atomic E-state index is 11.6. The van der Waals surface area contributed by atoms with Gasteiger partial charge in [0, 0.05) is 13.6 Å². The summed E-state index contributed by atoms with van der Waals surface area (Å²) in [6.07, 6.45) is 0.715. The minimum Gasteiger partial charge on any atom is -0.387 e. The number of rotatable bonds is 4. The van der Waals surface area contributed by atoms with Crippen LogP contribution in [0, 0.1) is 0 Å². The number of likely N-dealkylation sites (N-methyl/N-ethyl adjacent to an activating group) is 2. The van der Waals surface area contributed by atoms with Crippen molar-refractivity contribution in [3.8, 4) is 0 Å². The Bertz CT molecular complexity index is 225. The molecule has 1 aliphatic rings. The molecule has 2 N–H and O–H groups in total. The fourth-order valence-electron chi connectivity index (χ4n) is 1.79. The molecule has 15 heavy (non-hydrogen) atoms. The minimum atomic E-state index is -0.739. The second kappa shape index (κ2) is 4.92. The third-order valence-electron chi connectivity index (χ3n) is 2.63. The van der Waals surface area contributed by atoms with Crippen LogP contribution in [-0.2, 0) is 4.79 Å². The van der Waals surface area contributed by atoms with Gasteiger partial charge in [-0.05, 0) is 27.1 Å². The average molecular weight is 215 g/mol. The predicted molar refractivity (Wildman–Crippen MR) is 58.6 cm³/mol. The molecule has 0 aromatic carbocycles. The lowest BCUT2D eigenvalue weighted by molar-refractivity contribution is -0.133. The minimum absolute atomic E-state index is 0.0420. The van der Waals surface area contributed by atoms with Gasteiger partial charge in [-0.3, -0.25) is 4.79 Å². The normalized spacial score (nSPS) is 25.9. The molecule has 1 rings (SSSR count). The van der Waals surface area contributed by atoms with Gasteiger partial charge in [-0.25, -0.2) is 0 Å². The monoisotopic (exact) mass is 215 g/mol. The Hall–Kier alpha value is -0.650. The molecule has 88 valence electrons. The van der Waals surface area contributed by atoms with E-state index in [2.05, 4.69) is 5.32 Å². The average Bonchev–Trinajstić information content (AvgIpc) is 2.50. The van der Waals surface area contributed by atoms with Crippen molar-refractivity contribution in [2.45, 2.75) is 12.0 Å². The molecule has 1 heterocycles. The predicted octanol–water partition coefficient (Wildman–Crippen LogP) is -1.27. The van der Waals surface area contributed by atoms with Crippen molar-refractivity contribution in [1.29, 1.82) is 0 Å². The van der Waals surface area contributed by atoms with Crippen LogP contribution >= 0.6 is 0 Å². The molecule has 0 spiro atoms. The number of β-amino-alcohol motifs (C(OH)–C–C–N with tert-alkyl or cyclic N) is 1. The lowest BCUT2D eigenvalue weighted by atomic mass is 10.0. The highest BCUT2D eigenvalue weighted by Gasteiger charge is 2.33. The van der Waals surface area contributed by atoms with Crippen molar-refractivity contribution in [3.63, 3.8) is 0 Å². The first-order valence-corrected chi connectivity index (χ1v) is 5.25. The van der Waals surface area contributed by atoms with Crippen molar-refractivity contribution in [3.05, 3.63) is 0 Å². The van der Waals surface area contributed by atoms with E-state index >= 15 is 0 Å². The van der Waals surface area contributed by atoms with E-state index in [1.807, 2.05) is 19.0 Å². The molecule has 0 aliphatic carbocycles. The molecule has 1 amide bonds. The number of hydrogen-bond acceptors (Lipinski definition) is 4. The van der Waals surface area contributed by atoms with E-state index in [1.54, 1.807) is 11.9 Å². The molecule has 0 bridgehead atoms. The maximum Gasteiger partial charge on any atom is 0.236 e. The summed E-state index contributed by atoms with van der Waals surface area (Å²) in [4.78, 5) is 15.1. The van der Waals surface area contributed by atoms with Gasteiger partial charge in [-0.1, -0.05) is 0 Å². The molecule has 1 aliphatic heterocycles. The number of nitrogens with zero attached hydrogens (tertiary/aromatic N) is 2. The van der Waals surface area contributed by atoms with Gasteiger partial charge in [0.25, 0.3) is 0 Å². The van der Waals surface area contributed by atoms with Crippen molar-refractivity contribution < 1.29 is 9.90 Å². The van der Waals surface area contributed by atoms with Gasteiger partial charge in [0.1, 0.15) is 0 Å². The highest BCUT2D eigenvalue weighted by atomic mass is 16.3. The van der Waals surface area contributed by atoms with Crippen molar-refractivity contribution in [1.82, 2.24) is 15.1 Å². The molecule has 0 aromatic rings. The first-order chi connectivity index (χ1) is 6.93. The quantitative estimate of drug-likeness (QED) is 0.614. The number of carbonyl (C=O) groups excluding carboxylic acids is 1. The van der Waals surface area contributed by atoms with E-state index in [-0.39, 0.29) is 5.91 Å². The van der Waals surface area contributed by atoms with Crippen LogP contribution in [0.4, 0.5) is 0 Å². The molecule has 5 nitrogen and oxygen atoms in total. The van der Waals surface area contributed by atoms with Gasteiger partial charge < -0.3 is 20.2 Å². The second-order valence-corrected chi connectivity index (χ2v) is 4.64. The van der Waals surface area contributed by atoms with Gasteiger partial charge in [-0.15, -0.1) is 0 Å². The Balaban J connectivity index is 2.40. The molecular weight excluding hydrogens is 194 g/mol. The summed E-state index contributed by atoms with van der Waals surface area (Å²) in [5.41, 5.74) is -0.739.